The van der Waals surface area contributed by atoms with E-state index in [1.807, 2.05) is 31.2 Å². The number of hydrogen-bond donors (Lipinski definition) is 1. The van der Waals surface area contributed by atoms with Gasteiger partial charge in [0, 0.05) is 18.5 Å². The third-order valence-corrected chi connectivity index (χ3v) is 2.33. The maximum absolute atomic E-state index is 11.6. The highest BCUT2D eigenvalue weighted by molar-refractivity contribution is 5.90. The van der Waals surface area contributed by atoms with E-state index in [4.69, 9.17) is 4.74 Å². The molecule has 0 aliphatic rings. The lowest BCUT2D eigenvalue weighted by atomic mass is 10.2. The average molecular weight is 245 g/mol. The number of amides is 1. The summed E-state index contributed by atoms with van der Waals surface area (Å²) in [5.74, 6) is 6.59. The van der Waals surface area contributed by atoms with E-state index in [1.165, 1.54) is 0 Å². The van der Waals surface area contributed by atoms with Crippen LogP contribution in [0.1, 0.15) is 33.1 Å². The van der Waals surface area contributed by atoms with E-state index in [2.05, 4.69) is 17.2 Å². The van der Waals surface area contributed by atoms with Crippen molar-refractivity contribution in [2.24, 2.45) is 0 Å². The van der Waals surface area contributed by atoms with E-state index in [-0.39, 0.29) is 5.91 Å². The predicted octanol–water partition coefficient (Wildman–Crippen LogP) is 3.22. The first-order valence-corrected chi connectivity index (χ1v) is 6.18. The second-order valence-corrected chi connectivity index (χ2v) is 3.79. The van der Waals surface area contributed by atoms with E-state index in [1.54, 1.807) is 6.92 Å². The van der Waals surface area contributed by atoms with Gasteiger partial charge in [0.15, 0.2) is 0 Å². The molecule has 3 heteroatoms. The summed E-state index contributed by atoms with van der Waals surface area (Å²) in [7, 11) is 0. The predicted molar refractivity (Wildman–Crippen MR) is 73.5 cm³/mol. The van der Waals surface area contributed by atoms with Gasteiger partial charge in [-0.1, -0.05) is 0 Å². The summed E-state index contributed by atoms with van der Waals surface area (Å²) in [4.78, 5) is 11.6. The van der Waals surface area contributed by atoms with E-state index in [9.17, 15) is 4.79 Å². The van der Waals surface area contributed by atoms with Crippen molar-refractivity contribution in [3.8, 4) is 17.6 Å². The van der Waals surface area contributed by atoms with Crippen molar-refractivity contribution in [3.05, 3.63) is 24.3 Å². The Morgan fingerprint density at radius 1 is 1.33 bits per heavy atom. The Bertz CT molecular complexity index is 426. The molecule has 1 N–H and O–H groups in total. The summed E-state index contributed by atoms with van der Waals surface area (Å²) in [6, 6.07) is 7.38. The van der Waals surface area contributed by atoms with Crippen molar-refractivity contribution < 1.29 is 9.53 Å². The monoisotopic (exact) mass is 245 g/mol. The quantitative estimate of drug-likeness (QED) is 0.617. The van der Waals surface area contributed by atoms with E-state index in [0.717, 1.165) is 24.3 Å². The minimum Gasteiger partial charge on any atom is -0.494 e. The van der Waals surface area contributed by atoms with Crippen molar-refractivity contribution >= 4 is 11.6 Å². The fraction of sp³-hybridized carbons (Fsp3) is 0.400. The largest absolute Gasteiger partial charge is 0.494 e. The molecule has 0 aliphatic heterocycles. The number of nitrogens with one attached hydrogen (secondary N) is 1. The molecule has 1 amide bonds. The van der Waals surface area contributed by atoms with Gasteiger partial charge in [-0.3, -0.25) is 4.79 Å². The number of anilines is 1. The van der Waals surface area contributed by atoms with Gasteiger partial charge in [-0.2, -0.15) is 0 Å². The van der Waals surface area contributed by atoms with Gasteiger partial charge >= 0.3 is 0 Å². The molecule has 0 saturated heterocycles. The van der Waals surface area contributed by atoms with Crippen LogP contribution in [0.15, 0.2) is 24.3 Å². The number of ether oxygens (including phenoxy) is 1. The van der Waals surface area contributed by atoms with Crippen molar-refractivity contribution in [1.29, 1.82) is 0 Å². The molecule has 18 heavy (non-hydrogen) atoms. The second-order valence-electron chi connectivity index (χ2n) is 3.79. The van der Waals surface area contributed by atoms with Gasteiger partial charge in [0.05, 0.1) is 6.61 Å². The Morgan fingerprint density at radius 3 is 2.67 bits per heavy atom. The number of hydrogen-bond acceptors (Lipinski definition) is 2. The summed E-state index contributed by atoms with van der Waals surface area (Å²) in [6.07, 6.45) is 2.07. The average Bonchev–Trinajstić information content (AvgIpc) is 2.37. The fourth-order valence-corrected chi connectivity index (χ4v) is 1.49. The molecule has 0 heterocycles. The maximum atomic E-state index is 11.6. The maximum Gasteiger partial charge on any atom is 0.224 e. The molecule has 0 aliphatic carbocycles. The Morgan fingerprint density at radius 2 is 2.06 bits per heavy atom. The van der Waals surface area contributed by atoms with E-state index in [0.29, 0.717) is 13.0 Å². The summed E-state index contributed by atoms with van der Waals surface area (Å²) in [5.41, 5.74) is 0.796. The molecule has 0 saturated carbocycles. The first-order valence-electron chi connectivity index (χ1n) is 6.18. The fourth-order valence-electron chi connectivity index (χ4n) is 1.49. The first-order chi connectivity index (χ1) is 8.76. The van der Waals surface area contributed by atoms with Gasteiger partial charge in [-0.15, -0.1) is 11.8 Å². The zero-order valence-electron chi connectivity index (χ0n) is 11.0. The second kappa shape index (κ2) is 8.19. The molecule has 96 valence electrons. The number of benzene rings is 1. The van der Waals surface area contributed by atoms with Gasteiger partial charge in [0.25, 0.3) is 0 Å². The summed E-state index contributed by atoms with van der Waals surface area (Å²) >= 11 is 0. The molecular weight excluding hydrogens is 226 g/mol. The highest BCUT2D eigenvalue weighted by Gasteiger charge is 2.01. The van der Waals surface area contributed by atoms with Gasteiger partial charge < -0.3 is 10.1 Å². The molecule has 1 aromatic rings. The minimum atomic E-state index is 0.0251. The molecule has 0 spiro atoms. The van der Waals surface area contributed by atoms with Crippen LogP contribution < -0.4 is 10.1 Å². The van der Waals surface area contributed by atoms with Crippen molar-refractivity contribution in [3.63, 3.8) is 0 Å². The molecule has 0 unspecified atom stereocenters. The van der Waals surface area contributed by atoms with Crippen LogP contribution in [0.2, 0.25) is 0 Å². The Kier molecular flexibility index (Phi) is 6.42. The molecule has 1 rings (SSSR count). The molecule has 0 fully saturated rings. The zero-order chi connectivity index (χ0) is 13.2. The number of rotatable bonds is 6. The van der Waals surface area contributed by atoms with Crippen LogP contribution in [0.4, 0.5) is 5.69 Å². The van der Waals surface area contributed by atoms with E-state index >= 15 is 0 Å². The summed E-state index contributed by atoms with van der Waals surface area (Å²) in [5, 5.41) is 2.85. The highest BCUT2D eigenvalue weighted by Crippen LogP contribution is 2.15. The lowest BCUT2D eigenvalue weighted by molar-refractivity contribution is -0.116. The molecule has 0 radical (unpaired) electrons. The normalized spacial score (nSPS) is 9.22. The van der Waals surface area contributed by atoms with Gasteiger partial charge in [-0.25, -0.2) is 0 Å². The standard InChI is InChI=1S/C15H19NO2/c1-3-5-6-7-8-15(17)16-13-9-11-14(12-10-13)18-4-2/h9-12H,4,6-8H2,1-2H3,(H,16,17). The smallest absolute Gasteiger partial charge is 0.224 e. The molecule has 0 aromatic heterocycles. The molecule has 0 bridgehead atoms. The third-order valence-electron chi connectivity index (χ3n) is 2.33. The van der Waals surface area contributed by atoms with Crippen LogP contribution in [0.3, 0.4) is 0 Å². The van der Waals surface area contributed by atoms with Crippen LogP contribution in [0, 0.1) is 11.8 Å². The lowest BCUT2D eigenvalue weighted by Crippen LogP contribution is -2.10. The van der Waals surface area contributed by atoms with Gasteiger partial charge in [-0.05, 0) is 44.5 Å². The van der Waals surface area contributed by atoms with Crippen LogP contribution in [0.25, 0.3) is 0 Å². The van der Waals surface area contributed by atoms with Crippen molar-refractivity contribution in [1.82, 2.24) is 0 Å². The Labute approximate surface area is 109 Å². The van der Waals surface area contributed by atoms with Crippen LogP contribution in [-0.4, -0.2) is 12.5 Å². The highest BCUT2D eigenvalue weighted by atomic mass is 16.5. The number of carbonyl (C=O) groups excluding carboxylic acids is 1. The molecule has 3 nitrogen and oxygen atoms in total. The summed E-state index contributed by atoms with van der Waals surface area (Å²) in [6.45, 7) is 4.39. The SMILES string of the molecule is CC#CCCCC(=O)Nc1ccc(OCC)cc1. The zero-order valence-corrected chi connectivity index (χ0v) is 11.0. The molecular formula is C15H19NO2. The number of carbonyl (C=O) groups is 1. The Balaban J connectivity index is 2.36. The lowest BCUT2D eigenvalue weighted by Gasteiger charge is -2.06. The molecule has 1 aromatic carbocycles. The molecule has 0 atom stereocenters. The topological polar surface area (TPSA) is 38.3 Å². The first kappa shape index (κ1) is 14.1. The van der Waals surface area contributed by atoms with Crippen LogP contribution in [-0.2, 0) is 4.79 Å². The third kappa shape index (κ3) is 5.40. The number of unbranched alkanes of at least 4 members (excludes halogenated alkanes) is 1. The van der Waals surface area contributed by atoms with Gasteiger partial charge in [0.1, 0.15) is 5.75 Å². The van der Waals surface area contributed by atoms with Crippen LogP contribution in [0.5, 0.6) is 5.75 Å². The van der Waals surface area contributed by atoms with Crippen molar-refractivity contribution in [2.75, 3.05) is 11.9 Å². The van der Waals surface area contributed by atoms with Gasteiger partial charge in [0.2, 0.25) is 5.91 Å². The summed E-state index contributed by atoms with van der Waals surface area (Å²) < 4.78 is 5.33. The van der Waals surface area contributed by atoms with E-state index < -0.39 is 0 Å². The van der Waals surface area contributed by atoms with Crippen molar-refractivity contribution in [2.45, 2.75) is 33.1 Å². The Hall–Kier alpha value is -1.95. The van der Waals surface area contributed by atoms with Crippen LogP contribution >= 0.6 is 0 Å². The minimum absolute atomic E-state index is 0.0251.